The Balaban J connectivity index is 3.63. The van der Waals surface area contributed by atoms with Crippen molar-refractivity contribution in [2.24, 2.45) is 5.73 Å². The highest BCUT2D eigenvalue weighted by molar-refractivity contribution is 5.87. The zero-order chi connectivity index (χ0) is 7.44. The summed E-state index contributed by atoms with van der Waals surface area (Å²) in [6, 6.07) is -0.595. The van der Waals surface area contributed by atoms with Crippen molar-refractivity contribution in [2.75, 3.05) is 0 Å². The van der Waals surface area contributed by atoms with Gasteiger partial charge in [0.2, 0.25) is 0 Å². The van der Waals surface area contributed by atoms with Gasteiger partial charge in [-0.1, -0.05) is 0 Å². The van der Waals surface area contributed by atoms with E-state index in [0.717, 1.165) is 0 Å². The first-order valence-corrected chi connectivity index (χ1v) is 2.79. The maximum Gasteiger partial charge on any atom is 0.146 e. The lowest BCUT2D eigenvalue weighted by Gasteiger charge is -2.01. The Bertz CT molecular complexity index is 131. The van der Waals surface area contributed by atoms with Crippen LogP contribution in [0.5, 0.6) is 0 Å². The Morgan fingerprint density at radius 1 is 1.44 bits per heavy atom. The Morgan fingerprint density at radius 3 is 2.00 bits per heavy atom. The fraction of sp³-hybridized carbons (Fsp3) is 0.667. The number of ketones is 2. The summed E-state index contributed by atoms with van der Waals surface area (Å²) >= 11 is 0. The first-order valence-electron chi connectivity index (χ1n) is 2.79. The molecular formula is C6H11NO2. The summed E-state index contributed by atoms with van der Waals surface area (Å²) in [5.41, 5.74) is 5.25. The highest BCUT2D eigenvalue weighted by Crippen LogP contribution is 1.89. The molecule has 0 aromatic carbocycles. The maximum absolute atomic E-state index is 10.4. The molecule has 0 aliphatic carbocycles. The Kier molecular flexibility index (Phi) is 3.09. The molecule has 0 fully saturated rings. The zero-order valence-electron chi connectivity index (χ0n) is 5.68. The minimum atomic E-state index is -0.595. The van der Waals surface area contributed by atoms with Crippen molar-refractivity contribution in [1.82, 2.24) is 0 Å². The normalized spacial score (nSPS) is 12.8. The highest BCUT2D eigenvalue weighted by atomic mass is 16.1. The molecule has 0 heterocycles. The molecule has 3 nitrogen and oxygen atoms in total. The van der Waals surface area contributed by atoms with Crippen LogP contribution in [0.25, 0.3) is 0 Å². The average Bonchev–Trinajstić information content (AvgIpc) is 1.63. The molecular weight excluding hydrogens is 118 g/mol. The van der Waals surface area contributed by atoms with Crippen LogP contribution in [-0.4, -0.2) is 17.6 Å². The Hall–Kier alpha value is -0.700. The molecule has 0 bridgehead atoms. The van der Waals surface area contributed by atoms with E-state index in [-0.39, 0.29) is 18.0 Å². The minimum absolute atomic E-state index is 0.0438. The molecule has 0 unspecified atom stereocenters. The number of carbonyl (C=O) groups excluding carboxylic acids is 2. The van der Waals surface area contributed by atoms with Gasteiger partial charge in [0, 0.05) is 6.42 Å². The van der Waals surface area contributed by atoms with Gasteiger partial charge in [-0.05, 0) is 13.8 Å². The van der Waals surface area contributed by atoms with E-state index in [1.54, 1.807) is 0 Å². The molecule has 0 saturated heterocycles. The third-order valence-corrected chi connectivity index (χ3v) is 1.03. The van der Waals surface area contributed by atoms with Gasteiger partial charge in [-0.3, -0.25) is 9.59 Å². The number of rotatable bonds is 3. The highest BCUT2D eigenvalue weighted by Gasteiger charge is 2.09. The van der Waals surface area contributed by atoms with Gasteiger partial charge in [-0.25, -0.2) is 0 Å². The van der Waals surface area contributed by atoms with Crippen LogP contribution in [0.3, 0.4) is 0 Å². The predicted octanol–water partition coefficient (Wildman–Crippen LogP) is -0.118. The number of nitrogens with two attached hydrogens (primary N) is 1. The molecule has 0 rings (SSSR count). The van der Waals surface area contributed by atoms with E-state index in [2.05, 4.69) is 0 Å². The summed E-state index contributed by atoms with van der Waals surface area (Å²) in [7, 11) is 0. The van der Waals surface area contributed by atoms with Crippen molar-refractivity contribution < 1.29 is 9.59 Å². The second-order valence-electron chi connectivity index (χ2n) is 2.12. The molecule has 0 saturated carbocycles. The van der Waals surface area contributed by atoms with E-state index in [4.69, 9.17) is 5.73 Å². The number of hydrogen-bond acceptors (Lipinski definition) is 3. The molecule has 0 aromatic heterocycles. The second kappa shape index (κ2) is 3.35. The largest absolute Gasteiger partial charge is 0.321 e. The van der Waals surface area contributed by atoms with Crippen LogP contribution < -0.4 is 5.73 Å². The quantitative estimate of drug-likeness (QED) is 0.578. The fourth-order valence-electron chi connectivity index (χ4n) is 0.453. The molecule has 0 aliphatic rings. The lowest BCUT2D eigenvalue weighted by atomic mass is 10.1. The average molecular weight is 129 g/mol. The third-order valence-electron chi connectivity index (χ3n) is 1.03. The van der Waals surface area contributed by atoms with Gasteiger partial charge >= 0.3 is 0 Å². The minimum Gasteiger partial charge on any atom is -0.321 e. The van der Waals surface area contributed by atoms with E-state index in [1.165, 1.54) is 13.8 Å². The first kappa shape index (κ1) is 8.30. The van der Waals surface area contributed by atoms with Crippen molar-refractivity contribution in [3.8, 4) is 0 Å². The second-order valence-corrected chi connectivity index (χ2v) is 2.12. The maximum atomic E-state index is 10.4. The Labute approximate surface area is 54.2 Å². The first-order chi connectivity index (χ1) is 4.04. The molecule has 9 heavy (non-hydrogen) atoms. The standard InChI is InChI=1S/C6H11NO2/c1-4(8)3-6(7)5(2)9/h6H,3,7H2,1-2H3/t6-/m1/s1. The molecule has 0 spiro atoms. The fourth-order valence-corrected chi connectivity index (χ4v) is 0.453. The van der Waals surface area contributed by atoms with Crippen LogP contribution in [0.1, 0.15) is 20.3 Å². The number of hydrogen-bond donors (Lipinski definition) is 1. The lowest BCUT2D eigenvalue weighted by Crippen LogP contribution is -2.30. The summed E-state index contributed by atoms with van der Waals surface area (Å²) in [6.07, 6.45) is 0.162. The summed E-state index contributed by atoms with van der Waals surface area (Å²) in [5, 5.41) is 0. The van der Waals surface area contributed by atoms with Crippen molar-refractivity contribution in [3.05, 3.63) is 0 Å². The summed E-state index contributed by atoms with van der Waals surface area (Å²) in [5.74, 6) is -0.178. The molecule has 0 aliphatic heterocycles. The molecule has 2 N–H and O–H groups in total. The summed E-state index contributed by atoms with van der Waals surface area (Å²) in [4.78, 5) is 20.7. The van der Waals surface area contributed by atoms with Crippen LogP contribution in [0.2, 0.25) is 0 Å². The van der Waals surface area contributed by atoms with Gasteiger partial charge in [-0.15, -0.1) is 0 Å². The van der Waals surface area contributed by atoms with Crippen molar-refractivity contribution in [3.63, 3.8) is 0 Å². The van der Waals surface area contributed by atoms with Gasteiger partial charge in [0.15, 0.2) is 0 Å². The van der Waals surface area contributed by atoms with Crippen molar-refractivity contribution in [2.45, 2.75) is 26.3 Å². The van der Waals surface area contributed by atoms with Crippen LogP contribution in [0, 0.1) is 0 Å². The van der Waals surface area contributed by atoms with E-state index >= 15 is 0 Å². The monoisotopic (exact) mass is 129 g/mol. The summed E-state index contributed by atoms with van der Waals surface area (Å²) in [6.45, 7) is 2.80. The SMILES string of the molecule is CC(=O)C[C@@H](N)C(C)=O. The van der Waals surface area contributed by atoms with E-state index in [0.29, 0.717) is 0 Å². The predicted molar refractivity (Wildman–Crippen MR) is 34.0 cm³/mol. The van der Waals surface area contributed by atoms with Crippen molar-refractivity contribution >= 4 is 11.6 Å². The van der Waals surface area contributed by atoms with E-state index in [1.807, 2.05) is 0 Å². The molecule has 0 radical (unpaired) electrons. The number of Topliss-reactive ketones (excluding diaryl/α,β-unsaturated/α-hetero) is 2. The van der Waals surface area contributed by atoms with Gasteiger partial charge in [0.05, 0.1) is 6.04 Å². The molecule has 52 valence electrons. The van der Waals surface area contributed by atoms with Crippen molar-refractivity contribution in [1.29, 1.82) is 0 Å². The van der Waals surface area contributed by atoms with E-state index < -0.39 is 6.04 Å². The lowest BCUT2D eigenvalue weighted by molar-refractivity contribution is -0.123. The molecule has 0 amide bonds. The van der Waals surface area contributed by atoms with Gasteiger partial charge in [-0.2, -0.15) is 0 Å². The molecule has 1 atom stereocenters. The Morgan fingerprint density at radius 2 is 1.89 bits per heavy atom. The molecule has 0 aromatic rings. The van der Waals surface area contributed by atoms with Crippen LogP contribution in [0.15, 0.2) is 0 Å². The number of carbonyl (C=O) groups is 2. The third kappa shape index (κ3) is 3.85. The topological polar surface area (TPSA) is 60.2 Å². The summed E-state index contributed by atoms with van der Waals surface area (Å²) < 4.78 is 0. The molecule has 3 heteroatoms. The van der Waals surface area contributed by atoms with Crippen LogP contribution >= 0.6 is 0 Å². The van der Waals surface area contributed by atoms with Gasteiger partial charge in [0.25, 0.3) is 0 Å². The van der Waals surface area contributed by atoms with E-state index in [9.17, 15) is 9.59 Å². The zero-order valence-corrected chi connectivity index (χ0v) is 5.68. The van der Waals surface area contributed by atoms with Gasteiger partial charge in [0.1, 0.15) is 11.6 Å². The smallest absolute Gasteiger partial charge is 0.146 e. The van der Waals surface area contributed by atoms with Crippen LogP contribution in [-0.2, 0) is 9.59 Å². The van der Waals surface area contributed by atoms with Crippen LogP contribution in [0.4, 0.5) is 0 Å². The van der Waals surface area contributed by atoms with Gasteiger partial charge < -0.3 is 5.73 Å².